The number of hydrogen-bond donors (Lipinski definition) is 2. The molecule has 3 aromatic rings. The lowest BCUT2D eigenvalue weighted by Crippen LogP contribution is -2.32. The number of carbonyl (C=O) groups excluding carboxylic acids is 2. The first kappa shape index (κ1) is 23.4. The molecular weight excluding hydrogens is 428 g/mol. The second kappa shape index (κ2) is 11.4. The Hall–Kier alpha value is -3.78. The number of nitrogens with one attached hydrogen (secondary N) is 1. The highest BCUT2D eigenvalue weighted by Crippen LogP contribution is 2.28. The van der Waals surface area contributed by atoms with Crippen molar-refractivity contribution in [3.05, 3.63) is 78.2 Å². The summed E-state index contributed by atoms with van der Waals surface area (Å²) in [5.41, 5.74) is 8.24. The van der Waals surface area contributed by atoms with E-state index in [9.17, 15) is 9.59 Å². The van der Waals surface area contributed by atoms with E-state index in [1.54, 1.807) is 30.5 Å². The predicted molar refractivity (Wildman–Crippen MR) is 133 cm³/mol. The fourth-order valence-electron chi connectivity index (χ4n) is 4.24. The van der Waals surface area contributed by atoms with E-state index in [0.717, 1.165) is 44.0 Å². The minimum absolute atomic E-state index is 0.250. The molecule has 0 radical (unpaired) electrons. The van der Waals surface area contributed by atoms with E-state index < -0.39 is 5.91 Å². The van der Waals surface area contributed by atoms with Crippen LogP contribution in [0.1, 0.15) is 46.4 Å². The first-order valence-electron chi connectivity index (χ1n) is 11.7. The van der Waals surface area contributed by atoms with Gasteiger partial charge in [-0.05, 0) is 81.4 Å². The van der Waals surface area contributed by atoms with Gasteiger partial charge >= 0.3 is 0 Å². The molecule has 0 aliphatic carbocycles. The third-order valence-corrected chi connectivity index (χ3v) is 5.99. The molecule has 0 unspecified atom stereocenters. The molecule has 1 fully saturated rings. The number of benzene rings is 2. The number of piperidine rings is 1. The summed E-state index contributed by atoms with van der Waals surface area (Å²) in [5.74, 6) is -0.272. The fraction of sp³-hybridized carbons (Fsp3) is 0.308. The first-order valence-corrected chi connectivity index (χ1v) is 11.7. The van der Waals surface area contributed by atoms with Gasteiger partial charge < -0.3 is 20.9 Å². The third-order valence-electron chi connectivity index (χ3n) is 5.99. The Labute approximate surface area is 199 Å². The van der Waals surface area contributed by atoms with Crippen LogP contribution in [0, 0.1) is 0 Å². The van der Waals surface area contributed by atoms with Crippen LogP contribution in [0.15, 0.2) is 67.1 Å². The Balaban J connectivity index is 1.56. The van der Waals surface area contributed by atoms with Crippen LogP contribution >= 0.6 is 0 Å². The number of anilines is 3. The molecule has 2 heterocycles. The molecule has 0 atom stereocenters. The van der Waals surface area contributed by atoms with Gasteiger partial charge in [-0.25, -0.2) is 9.97 Å². The van der Waals surface area contributed by atoms with Gasteiger partial charge in [0.1, 0.15) is 12.1 Å². The summed E-state index contributed by atoms with van der Waals surface area (Å²) in [6.45, 7) is 4.06. The van der Waals surface area contributed by atoms with E-state index in [1.807, 2.05) is 30.3 Å². The molecule has 2 amide bonds. The van der Waals surface area contributed by atoms with Gasteiger partial charge in [0.05, 0.1) is 0 Å². The smallest absolute Gasteiger partial charge is 0.256 e. The van der Waals surface area contributed by atoms with Crippen molar-refractivity contribution in [3.63, 3.8) is 0 Å². The van der Waals surface area contributed by atoms with E-state index in [1.165, 1.54) is 25.6 Å². The summed E-state index contributed by atoms with van der Waals surface area (Å²) < 4.78 is 0. The van der Waals surface area contributed by atoms with Crippen molar-refractivity contribution in [2.24, 2.45) is 5.73 Å². The van der Waals surface area contributed by atoms with Crippen LogP contribution < -0.4 is 16.0 Å². The average molecular weight is 459 g/mol. The van der Waals surface area contributed by atoms with Crippen LogP contribution in [-0.4, -0.2) is 52.9 Å². The average Bonchev–Trinajstić information content (AvgIpc) is 2.88. The lowest BCUT2D eigenvalue weighted by molar-refractivity contribution is 0.0997. The fourth-order valence-corrected chi connectivity index (χ4v) is 4.24. The maximum Gasteiger partial charge on any atom is 0.256 e. The number of rotatable bonds is 9. The second-order valence-corrected chi connectivity index (χ2v) is 8.42. The van der Waals surface area contributed by atoms with E-state index >= 15 is 0 Å². The van der Waals surface area contributed by atoms with Gasteiger partial charge in [-0.2, -0.15) is 0 Å². The van der Waals surface area contributed by atoms with E-state index in [-0.39, 0.29) is 5.91 Å². The molecule has 0 spiro atoms. The van der Waals surface area contributed by atoms with Crippen LogP contribution in [0.2, 0.25) is 0 Å². The zero-order valence-corrected chi connectivity index (χ0v) is 19.2. The molecule has 1 aromatic heterocycles. The number of aromatic nitrogens is 2. The number of amides is 2. The van der Waals surface area contributed by atoms with Gasteiger partial charge in [0.25, 0.3) is 5.91 Å². The number of likely N-dealkylation sites (tertiary alicyclic amines) is 1. The molecule has 1 aliphatic rings. The molecule has 1 aliphatic heterocycles. The Morgan fingerprint density at radius 1 is 0.971 bits per heavy atom. The number of carbonyl (C=O) groups is 2. The molecule has 34 heavy (non-hydrogen) atoms. The zero-order chi connectivity index (χ0) is 23.8. The molecule has 2 aromatic carbocycles. The van der Waals surface area contributed by atoms with Crippen LogP contribution in [0.3, 0.4) is 0 Å². The van der Waals surface area contributed by atoms with Gasteiger partial charge in [0.2, 0.25) is 5.91 Å². The van der Waals surface area contributed by atoms with Crippen molar-refractivity contribution in [1.29, 1.82) is 0 Å². The highest BCUT2D eigenvalue weighted by molar-refractivity contribution is 6.04. The molecule has 4 rings (SSSR count). The van der Waals surface area contributed by atoms with Crippen molar-refractivity contribution in [1.82, 2.24) is 14.9 Å². The minimum atomic E-state index is -0.465. The highest BCUT2D eigenvalue weighted by atomic mass is 16.2. The van der Waals surface area contributed by atoms with Crippen LogP contribution in [0.25, 0.3) is 0 Å². The monoisotopic (exact) mass is 458 g/mol. The number of nitrogens with zero attached hydrogens (tertiary/aromatic N) is 4. The van der Waals surface area contributed by atoms with Crippen LogP contribution in [0.5, 0.6) is 0 Å². The summed E-state index contributed by atoms with van der Waals surface area (Å²) in [7, 11) is 0. The highest BCUT2D eigenvalue weighted by Gasteiger charge is 2.16. The molecule has 176 valence electrons. The number of primary amides is 1. The summed E-state index contributed by atoms with van der Waals surface area (Å²) in [6.07, 6.45) is 7.75. The van der Waals surface area contributed by atoms with Crippen molar-refractivity contribution in [2.75, 3.05) is 36.4 Å². The van der Waals surface area contributed by atoms with Gasteiger partial charge in [-0.1, -0.05) is 18.6 Å². The van der Waals surface area contributed by atoms with Crippen molar-refractivity contribution in [2.45, 2.75) is 25.7 Å². The van der Waals surface area contributed by atoms with Gasteiger partial charge in [-0.15, -0.1) is 0 Å². The summed E-state index contributed by atoms with van der Waals surface area (Å²) >= 11 is 0. The third kappa shape index (κ3) is 6.17. The van der Waals surface area contributed by atoms with Crippen molar-refractivity contribution >= 4 is 29.0 Å². The quantitative estimate of drug-likeness (QED) is 0.505. The standard InChI is InChI=1S/C26H30N6O2/c27-25(33)20-7-4-9-22(17-20)32(16-6-15-31-13-2-1-3-14-31)23-10-5-8-21(18-23)26(34)30-24-11-12-28-19-29-24/h4-5,7-12,17-19H,1-3,6,13-16H2,(H2,27,33)(H,28,29,30,34). The summed E-state index contributed by atoms with van der Waals surface area (Å²) in [6, 6.07) is 16.4. The largest absolute Gasteiger partial charge is 0.366 e. The Bertz CT molecular complexity index is 1120. The normalized spacial score (nSPS) is 13.9. The Morgan fingerprint density at radius 2 is 1.68 bits per heavy atom. The maximum atomic E-state index is 12.8. The van der Waals surface area contributed by atoms with E-state index in [2.05, 4.69) is 25.1 Å². The number of nitrogens with two attached hydrogens (primary N) is 1. The van der Waals surface area contributed by atoms with Crippen LogP contribution in [0.4, 0.5) is 17.2 Å². The lowest BCUT2D eigenvalue weighted by atomic mass is 10.1. The van der Waals surface area contributed by atoms with E-state index in [0.29, 0.717) is 16.9 Å². The van der Waals surface area contributed by atoms with Gasteiger partial charge in [0.15, 0.2) is 0 Å². The molecule has 3 N–H and O–H groups in total. The van der Waals surface area contributed by atoms with Gasteiger partial charge in [-0.3, -0.25) is 9.59 Å². The molecule has 0 saturated carbocycles. The molecule has 1 saturated heterocycles. The predicted octanol–water partition coefficient (Wildman–Crippen LogP) is 3.84. The Kier molecular flexibility index (Phi) is 7.83. The maximum absolute atomic E-state index is 12.8. The molecular formula is C26H30N6O2. The second-order valence-electron chi connectivity index (χ2n) is 8.42. The summed E-state index contributed by atoms with van der Waals surface area (Å²) in [5, 5.41) is 2.80. The van der Waals surface area contributed by atoms with E-state index in [4.69, 9.17) is 5.73 Å². The van der Waals surface area contributed by atoms with Crippen molar-refractivity contribution in [3.8, 4) is 0 Å². The molecule has 8 nitrogen and oxygen atoms in total. The SMILES string of the molecule is NC(=O)c1cccc(N(CCCN2CCCCC2)c2cccc(C(=O)Nc3ccncn3)c2)c1. The van der Waals surface area contributed by atoms with Crippen molar-refractivity contribution < 1.29 is 9.59 Å². The first-order chi connectivity index (χ1) is 16.6. The molecule has 8 heteroatoms. The molecule has 0 bridgehead atoms. The zero-order valence-electron chi connectivity index (χ0n) is 19.2. The van der Waals surface area contributed by atoms with Crippen LogP contribution in [-0.2, 0) is 0 Å². The lowest BCUT2D eigenvalue weighted by Gasteiger charge is -2.29. The Morgan fingerprint density at radius 3 is 2.35 bits per heavy atom. The summed E-state index contributed by atoms with van der Waals surface area (Å²) in [4.78, 5) is 37.2. The number of hydrogen-bond acceptors (Lipinski definition) is 6. The van der Waals surface area contributed by atoms with Gasteiger partial charge in [0, 0.05) is 35.2 Å². The topological polar surface area (TPSA) is 104 Å². The minimum Gasteiger partial charge on any atom is -0.366 e.